The third kappa shape index (κ3) is 14.1. The van der Waals surface area contributed by atoms with Gasteiger partial charge in [0.1, 0.15) is 35.6 Å². The topological polar surface area (TPSA) is 195 Å². The molecule has 15 heteroatoms. The summed E-state index contributed by atoms with van der Waals surface area (Å²) in [7, 11) is 0. The monoisotopic (exact) mass is 1350 g/mol. The summed E-state index contributed by atoms with van der Waals surface area (Å²) >= 11 is 0. The van der Waals surface area contributed by atoms with Gasteiger partial charge in [-0.05, 0) is 83.8 Å². The number of ether oxygens (including phenoxy) is 4. The molecule has 66 heavy (non-hydrogen) atoms. The van der Waals surface area contributed by atoms with Gasteiger partial charge in [0.2, 0.25) is 5.91 Å². The molecule has 2 unspecified atom stereocenters. The van der Waals surface area contributed by atoms with Gasteiger partial charge in [-0.15, -0.1) is 0 Å². The predicted octanol–water partition coefficient (Wildman–Crippen LogP) is 6.96. The maximum atomic E-state index is 15.1. The zero-order valence-electron chi connectivity index (χ0n) is 40.5. The van der Waals surface area contributed by atoms with Crippen LogP contribution < -0.4 is 5.32 Å². The molecule has 4 rings (SSSR count). The van der Waals surface area contributed by atoms with Gasteiger partial charge in [0.15, 0.2) is 5.78 Å². The standard InChI is InChI=1S/C51H73NO12.2Ac/c1-10-11-12-13-14-15-16-17-18-19-20-21-22-23-24-25-26-27-28-29-41(55)64-39-30-40-50(59,32-61-40)44-46(62-37(6)54)51(60)31-38(63-47(58)33(2)35(4)52-36(5)53)34(3)42(48(51,7)8)43(56)45(57)49(39,44)9;;/h11-12,14-15,17-18,20-21,23-24,26-27,33,35,38-40,43-44,46,56,59-60H,10,13,16,19,22,25,28-32H2,1-9H3,(H,52,53);;/b12-11-,15-14-,18-17-,21-20-,24-23-,27-26-;;/t33?,35-,38?,39-,40+,43+,44-,46-,49+,50-,51+;;/m0../s1. The molecule has 4 N–H and O–H groups in total. The molecule has 1 aliphatic heterocycles. The molecule has 0 aromatic heterocycles. The Balaban J connectivity index is 0.00000748. The summed E-state index contributed by atoms with van der Waals surface area (Å²) < 4.78 is 23.9. The summed E-state index contributed by atoms with van der Waals surface area (Å²) in [4.78, 5) is 66.9. The SMILES string of the molecule is CC/C=C\C/C=C\C/C=C\C/C=C\C/C=C\C/C=C\CCC(=O)O[C@H]1C[C@H]2OC[C@@]2(O)[C@H]2[C@H](OC(C)=O)[C@]3(O)CC(OC(=O)C(C)[C@H](C)NC(C)=O)C(C)=C([C@@H](O)C(=O)[C@]12C)C3(C)C.[Ac].[Ac]. The Labute approximate surface area is 463 Å². The number of ketones is 1. The third-order valence-corrected chi connectivity index (χ3v) is 13.8. The number of esters is 3. The van der Waals surface area contributed by atoms with E-state index in [0.29, 0.717) is 18.4 Å². The van der Waals surface area contributed by atoms with Crippen LogP contribution in [0.1, 0.15) is 127 Å². The number of Topliss-reactive ketones (excluding diaryl/α,β-unsaturated/α-hetero) is 1. The molecule has 2 saturated carbocycles. The fourth-order valence-corrected chi connectivity index (χ4v) is 9.90. The molecule has 0 spiro atoms. The van der Waals surface area contributed by atoms with Crippen molar-refractivity contribution in [1.29, 1.82) is 0 Å². The van der Waals surface area contributed by atoms with E-state index in [2.05, 4.69) is 66.9 Å². The number of aliphatic hydroxyl groups is 3. The largest absolute Gasteiger partial charge is 0.461 e. The van der Waals surface area contributed by atoms with Gasteiger partial charge in [-0.2, -0.15) is 0 Å². The average molecular weight is 1350 g/mol. The number of hydrogen-bond acceptors (Lipinski definition) is 12. The Hall–Kier alpha value is -1.55. The van der Waals surface area contributed by atoms with Crippen LogP contribution in [0.2, 0.25) is 0 Å². The molecule has 1 amide bonds. The van der Waals surface area contributed by atoms with Gasteiger partial charge >= 0.3 is 17.9 Å². The van der Waals surface area contributed by atoms with Crippen molar-refractivity contribution in [3.63, 3.8) is 0 Å². The van der Waals surface area contributed by atoms with Crippen LogP contribution in [-0.4, -0.2) is 99.3 Å². The van der Waals surface area contributed by atoms with Crippen molar-refractivity contribution in [3.8, 4) is 0 Å². The molecule has 13 nitrogen and oxygen atoms in total. The van der Waals surface area contributed by atoms with Crippen LogP contribution in [0.25, 0.3) is 0 Å². The molecule has 11 atom stereocenters. The second kappa shape index (κ2) is 27.2. The molecule has 2 bridgehead atoms. The molecule has 3 aliphatic carbocycles. The molecule has 1 heterocycles. The van der Waals surface area contributed by atoms with Crippen LogP contribution in [0.15, 0.2) is 84.1 Å². The maximum Gasteiger partial charge on any atom is 0.311 e. The van der Waals surface area contributed by atoms with Gasteiger partial charge in [-0.1, -0.05) is 93.7 Å². The Morgan fingerprint density at radius 3 is 1.80 bits per heavy atom. The second-order valence-corrected chi connectivity index (χ2v) is 18.6. The smallest absolute Gasteiger partial charge is 0.311 e. The van der Waals surface area contributed by atoms with E-state index in [9.17, 15) is 34.5 Å². The molecular formula is C51H73Ac2NO12. The van der Waals surface area contributed by atoms with Crippen molar-refractivity contribution in [3.05, 3.63) is 84.1 Å². The predicted molar refractivity (Wildman–Crippen MR) is 243 cm³/mol. The molecule has 1 saturated heterocycles. The molecule has 360 valence electrons. The number of hydrogen-bond donors (Lipinski definition) is 4. The Bertz CT molecular complexity index is 1920. The van der Waals surface area contributed by atoms with E-state index in [1.807, 2.05) is 18.2 Å². The van der Waals surface area contributed by atoms with Gasteiger partial charge in [0.05, 0.1) is 24.0 Å². The van der Waals surface area contributed by atoms with E-state index in [-0.39, 0.29) is 125 Å². The molecule has 4 aliphatic rings. The number of allylic oxidation sites excluding steroid dienone is 12. The van der Waals surface area contributed by atoms with Crippen molar-refractivity contribution in [2.45, 2.75) is 174 Å². The van der Waals surface area contributed by atoms with Crippen LogP contribution in [0.4, 0.5) is 0 Å². The number of aliphatic hydroxyl groups excluding tert-OH is 1. The van der Waals surface area contributed by atoms with E-state index in [1.165, 1.54) is 13.8 Å². The quantitative estimate of drug-likeness (QED) is 0.0557. The van der Waals surface area contributed by atoms with Crippen molar-refractivity contribution in [2.24, 2.45) is 22.7 Å². The summed E-state index contributed by atoms with van der Waals surface area (Å²) in [6, 6.07) is -0.606. The van der Waals surface area contributed by atoms with Crippen LogP contribution in [0.3, 0.4) is 0 Å². The van der Waals surface area contributed by atoms with E-state index < -0.39 is 94.1 Å². The summed E-state index contributed by atoms with van der Waals surface area (Å²) in [5.74, 6) is -5.57. The number of nitrogens with one attached hydrogen (secondary N) is 1. The molecule has 0 aromatic rings. The maximum absolute atomic E-state index is 15.1. The van der Waals surface area contributed by atoms with Crippen LogP contribution >= 0.6 is 0 Å². The van der Waals surface area contributed by atoms with E-state index in [0.717, 1.165) is 39.0 Å². The second-order valence-electron chi connectivity index (χ2n) is 18.6. The molecule has 0 aromatic carbocycles. The molecule has 2 radical (unpaired) electrons. The van der Waals surface area contributed by atoms with Crippen LogP contribution in [-0.2, 0) is 42.9 Å². The average Bonchev–Trinajstić information content (AvgIpc) is 3.22. The number of fused-ring (bicyclic) bond motifs is 5. The number of rotatable bonds is 20. The Morgan fingerprint density at radius 2 is 1.33 bits per heavy atom. The van der Waals surface area contributed by atoms with Crippen molar-refractivity contribution in [2.75, 3.05) is 6.61 Å². The van der Waals surface area contributed by atoms with Gasteiger partial charge in [-0.3, -0.25) is 24.0 Å². The van der Waals surface area contributed by atoms with Gasteiger partial charge < -0.3 is 39.6 Å². The van der Waals surface area contributed by atoms with E-state index in [4.69, 9.17) is 18.9 Å². The minimum Gasteiger partial charge on any atom is -0.461 e. The third-order valence-electron chi connectivity index (χ3n) is 13.8. The van der Waals surface area contributed by atoms with Crippen molar-refractivity contribution < 1.29 is 146 Å². The van der Waals surface area contributed by atoms with Gasteiger partial charge in [-0.25, -0.2) is 0 Å². The Kier molecular flexibility index (Phi) is 24.9. The minimum absolute atomic E-state index is 0. The van der Waals surface area contributed by atoms with Gasteiger partial charge in [0, 0.05) is 139 Å². The fraction of sp³-hybridized carbons (Fsp3) is 0.627. The van der Waals surface area contributed by atoms with Gasteiger partial charge in [0.25, 0.3) is 0 Å². The summed E-state index contributed by atoms with van der Waals surface area (Å²) in [6.45, 7) is 13.8. The zero-order chi connectivity index (χ0) is 47.5. The minimum atomic E-state index is -2.17. The first-order valence-electron chi connectivity index (χ1n) is 22.9. The fourth-order valence-electron chi connectivity index (χ4n) is 9.90. The van der Waals surface area contributed by atoms with Crippen molar-refractivity contribution >= 4 is 29.6 Å². The number of carbonyl (C=O) groups is 5. The van der Waals surface area contributed by atoms with Crippen LogP contribution in [0.5, 0.6) is 0 Å². The number of amides is 1. The summed E-state index contributed by atoms with van der Waals surface area (Å²) in [6.07, 6.45) is 23.4. The van der Waals surface area contributed by atoms with Crippen LogP contribution in [0, 0.1) is 111 Å². The first kappa shape index (κ1) is 60.6. The summed E-state index contributed by atoms with van der Waals surface area (Å²) in [5.41, 5.74) is -7.05. The Morgan fingerprint density at radius 1 is 0.818 bits per heavy atom. The zero-order valence-corrected chi connectivity index (χ0v) is 50.0. The first-order valence-corrected chi connectivity index (χ1v) is 22.9. The van der Waals surface area contributed by atoms with E-state index in [1.54, 1.807) is 34.6 Å². The van der Waals surface area contributed by atoms with E-state index >= 15 is 4.79 Å². The number of carbonyl (C=O) groups excluding carboxylic acids is 5. The molecular weight excluding hydrogens is 1270 g/mol. The molecule has 3 fully saturated rings. The van der Waals surface area contributed by atoms with Crippen molar-refractivity contribution in [1.82, 2.24) is 5.32 Å². The summed E-state index contributed by atoms with van der Waals surface area (Å²) in [5, 5.41) is 40.5. The first-order chi connectivity index (χ1) is 30.2. The normalized spacial score (nSPS) is 31.4.